The van der Waals surface area contributed by atoms with E-state index in [-0.39, 0.29) is 35.8 Å². The second kappa shape index (κ2) is 7.19. The van der Waals surface area contributed by atoms with Crippen LogP contribution in [0.5, 0.6) is 0 Å². The quantitative estimate of drug-likeness (QED) is 0.457. The minimum atomic E-state index is -2.81. The lowest BCUT2D eigenvalue weighted by Gasteiger charge is -2.10. The lowest BCUT2D eigenvalue weighted by molar-refractivity contribution is 0.0515. The summed E-state index contributed by atoms with van der Waals surface area (Å²) in [7, 11) is 0. The molecule has 0 atom stereocenters. The highest BCUT2D eigenvalue weighted by molar-refractivity contribution is 6.19. The van der Waals surface area contributed by atoms with E-state index in [1.165, 1.54) is 6.07 Å². The normalized spacial score (nSPS) is 10.6. The molecule has 0 bridgehead atoms. The molecular weight excluding hydrogens is 278 g/mol. The van der Waals surface area contributed by atoms with Crippen molar-refractivity contribution in [3.8, 4) is 0 Å². The van der Waals surface area contributed by atoms with E-state index in [2.05, 4.69) is 0 Å². The average Bonchev–Trinajstić information content (AvgIpc) is 2.38. The molecule has 0 fully saturated rings. The van der Waals surface area contributed by atoms with Gasteiger partial charge in [0.15, 0.2) is 5.78 Å². The Morgan fingerprint density at radius 3 is 2.58 bits per heavy atom. The van der Waals surface area contributed by atoms with E-state index in [9.17, 15) is 18.4 Å². The number of esters is 1. The number of ketones is 1. The third kappa shape index (κ3) is 3.99. The highest BCUT2D eigenvalue weighted by atomic mass is 35.5. The van der Waals surface area contributed by atoms with Gasteiger partial charge in [-0.2, -0.15) is 0 Å². The second-order valence-corrected chi connectivity index (χ2v) is 4.06. The largest absolute Gasteiger partial charge is 0.462 e. The number of Topliss-reactive ketones (excluding diaryl/α,β-unsaturated/α-hetero) is 1. The third-order valence-corrected chi connectivity index (χ3v) is 2.62. The monoisotopic (exact) mass is 290 g/mol. The molecule has 0 unspecified atom stereocenters. The molecule has 0 saturated heterocycles. The first-order valence-electron chi connectivity index (χ1n) is 5.69. The number of hydrogen-bond donors (Lipinski definition) is 0. The van der Waals surface area contributed by atoms with Crippen LogP contribution in [-0.2, 0) is 4.74 Å². The minimum absolute atomic E-state index is 0.0708. The summed E-state index contributed by atoms with van der Waals surface area (Å²) in [5.41, 5.74) is -0.550. The van der Waals surface area contributed by atoms with Gasteiger partial charge in [0.05, 0.1) is 12.2 Å². The zero-order chi connectivity index (χ0) is 14.4. The molecule has 0 aliphatic carbocycles. The van der Waals surface area contributed by atoms with E-state index in [0.717, 1.165) is 12.1 Å². The summed E-state index contributed by atoms with van der Waals surface area (Å²) in [6, 6.07) is 3.46. The van der Waals surface area contributed by atoms with Crippen LogP contribution in [0.1, 0.15) is 46.0 Å². The number of benzene rings is 1. The lowest BCUT2D eigenvalue weighted by atomic mass is 10.0. The Kier molecular flexibility index (Phi) is 5.89. The van der Waals surface area contributed by atoms with Crippen LogP contribution in [-0.4, -0.2) is 24.2 Å². The number of ether oxygens (including phenoxy) is 1. The summed E-state index contributed by atoms with van der Waals surface area (Å²) >= 11 is 5.45. The predicted molar refractivity (Wildman–Crippen MR) is 67.0 cm³/mol. The summed E-state index contributed by atoms with van der Waals surface area (Å²) in [5.74, 6) is -1.04. The fourth-order valence-corrected chi connectivity index (χ4v) is 1.71. The summed E-state index contributed by atoms with van der Waals surface area (Å²) in [5, 5.41) is 0. The molecule has 0 spiro atoms. The molecule has 3 nitrogen and oxygen atoms in total. The maximum atomic E-state index is 12.8. The Morgan fingerprint density at radius 2 is 2.05 bits per heavy atom. The Morgan fingerprint density at radius 1 is 1.37 bits per heavy atom. The Balaban J connectivity index is 3.18. The summed E-state index contributed by atoms with van der Waals surface area (Å²) < 4.78 is 30.3. The van der Waals surface area contributed by atoms with Crippen LogP contribution in [0.2, 0.25) is 0 Å². The highest BCUT2D eigenvalue weighted by Gasteiger charge is 2.21. The summed E-state index contributed by atoms with van der Waals surface area (Å²) in [4.78, 5) is 23.2. The topological polar surface area (TPSA) is 43.4 Å². The van der Waals surface area contributed by atoms with Gasteiger partial charge in [-0.25, -0.2) is 13.6 Å². The Bertz CT molecular complexity index is 475. The van der Waals surface area contributed by atoms with Crippen LogP contribution in [0.25, 0.3) is 0 Å². The first-order valence-corrected chi connectivity index (χ1v) is 6.23. The van der Waals surface area contributed by atoms with Gasteiger partial charge in [0.1, 0.15) is 0 Å². The first kappa shape index (κ1) is 15.6. The zero-order valence-corrected chi connectivity index (χ0v) is 11.0. The maximum Gasteiger partial charge on any atom is 0.338 e. The van der Waals surface area contributed by atoms with E-state index >= 15 is 0 Å². The molecular formula is C13H13ClF2O3. The Hall–Kier alpha value is -1.49. The lowest BCUT2D eigenvalue weighted by Crippen LogP contribution is -2.11. The van der Waals surface area contributed by atoms with E-state index in [0.29, 0.717) is 0 Å². The van der Waals surface area contributed by atoms with Gasteiger partial charge in [0.2, 0.25) is 0 Å². The van der Waals surface area contributed by atoms with Crippen LogP contribution in [0.15, 0.2) is 18.2 Å². The van der Waals surface area contributed by atoms with Gasteiger partial charge in [-0.15, -0.1) is 11.6 Å². The molecule has 19 heavy (non-hydrogen) atoms. The number of rotatable bonds is 6. The van der Waals surface area contributed by atoms with E-state index in [1.54, 1.807) is 6.92 Å². The number of carbonyl (C=O) groups excluding carboxylic acids is 2. The van der Waals surface area contributed by atoms with Crippen molar-refractivity contribution < 1.29 is 23.1 Å². The number of alkyl halides is 3. The molecule has 6 heteroatoms. The molecule has 1 aromatic carbocycles. The van der Waals surface area contributed by atoms with Crippen molar-refractivity contribution >= 4 is 23.4 Å². The van der Waals surface area contributed by atoms with Crippen LogP contribution < -0.4 is 0 Å². The first-order chi connectivity index (χ1) is 9.01. The van der Waals surface area contributed by atoms with Crippen molar-refractivity contribution in [1.82, 2.24) is 0 Å². The number of hydrogen-bond acceptors (Lipinski definition) is 3. The van der Waals surface area contributed by atoms with Crippen molar-refractivity contribution in [3.63, 3.8) is 0 Å². The number of halogens is 3. The predicted octanol–water partition coefficient (Wildman–Crippen LogP) is 3.61. The molecule has 1 rings (SSSR count). The number of carbonyl (C=O) groups is 2. The fraction of sp³-hybridized carbons (Fsp3) is 0.385. The minimum Gasteiger partial charge on any atom is -0.462 e. The average molecular weight is 291 g/mol. The van der Waals surface area contributed by atoms with Gasteiger partial charge < -0.3 is 4.74 Å². The SMILES string of the molecule is CCOC(=O)c1cc(C(=O)CCCl)ccc1C(F)F. The second-order valence-electron chi connectivity index (χ2n) is 3.69. The molecule has 0 saturated carbocycles. The standard InChI is InChI=1S/C13H13ClF2O3/c1-2-19-13(18)10-7-8(11(17)5-6-14)3-4-9(10)12(15)16/h3-4,7,12H,2,5-6H2,1H3. The van der Waals surface area contributed by atoms with Gasteiger partial charge in [-0.3, -0.25) is 4.79 Å². The maximum absolute atomic E-state index is 12.8. The third-order valence-electron chi connectivity index (χ3n) is 2.43. The van der Waals surface area contributed by atoms with Gasteiger partial charge >= 0.3 is 5.97 Å². The molecule has 0 radical (unpaired) electrons. The van der Waals surface area contributed by atoms with Crippen LogP contribution >= 0.6 is 11.6 Å². The molecule has 0 heterocycles. The molecule has 0 amide bonds. The van der Waals surface area contributed by atoms with E-state index < -0.39 is 18.0 Å². The summed E-state index contributed by atoms with van der Waals surface area (Å²) in [6.07, 6.45) is -2.73. The smallest absolute Gasteiger partial charge is 0.338 e. The van der Waals surface area contributed by atoms with Crippen molar-refractivity contribution in [3.05, 3.63) is 34.9 Å². The van der Waals surface area contributed by atoms with Crippen LogP contribution in [0.3, 0.4) is 0 Å². The summed E-state index contributed by atoms with van der Waals surface area (Å²) in [6.45, 7) is 1.64. The Labute approximate surface area is 114 Å². The molecule has 0 aliphatic rings. The van der Waals surface area contributed by atoms with Gasteiger partial charge in [-0.1, -0.05) is 12.1 Å². The highest BCUT2D eigenvalue weighted by Crippen LogP contribution is 2.25. The van der Waals surface area contributed by atoms with E-state index in [4.69, 9.17) is 16.3 Å². The molecule has 0 N–H and O–H groups in total. The van der Waals surface area contributed by atoms with Gasteiger partial charge in [-0.05, 0) is 13.0 Å². The van der Waals surface area contributed by atoms with Crippen molar-refractivity contribution in [2.24, 2.45) is 0 Å². The molecule has 1 aromatic rings. The zero-order valence-electron chi connectivity index (χ0n) is 10.3. The fourth-order valence-electron chi connectivity index (χ4n) is 1.54. The van der Waals surface area contributed by atoms with Gasteiger partial charge in [0, 0.05) is 23.4 Å². The van der Waals surface area contributed by atoms with Gasteiger partial charge in [0.25, 0.3) is 6.43 Å². The van der Waals surface area contributed by atoms with Crippen molar-refractivity contribution in [2.45, 2.75) is 19.8 Å². The molecule has 104 valence electrons. The van der Waals surface area contributed by atoms with Crippen LogP contribution in [0.4, 0.5) is 8.78 Å². The van der Waals surface area contributed by atoms with Crippen molar-refractivity contribution in [1.29, 1.82) is 0 Å². The molecule has 0 aliphatic heterocycles. The van der Waals surface area contributed by atoms with Crippen molar-refractivity contribution in [2.75, 3.05) is 12.5 Å². The van der Waals surface area contributed by atoms with E-state index in [1.807, 2.05) is 0 Å². The van der Waals surface area contributed by atoms with Crippen LogP contribution in [0, 0.1) is 0 Å². The molecule has 0 aromatic heterocycles.